The highest BCUT2D eigenvalue weighted by Gasteiger charge is 2.09. The van der Waals surface area contributed by atoms with Gasteiger partial charge in [-0.15, -0.1) is 27.8 Å². The number of nitrogens with zero attached hydrogens (tertiary/aromatic N) is 3. The third kappa shape index (κ3) is 4.42. The second-order valence-electron chi connectivity index (χ2n) is 2.77. The summed E-state index contributed by atoms with van der Waals surface area (Å²) < 4.78 is 15.3. The van der Waals surface area contributed by atoms with Crippen LogP contribution in [0.2, 0.25) is 0 Å². The van der Waals surface area contributed by atoms with Gasteiger partial charge in [0.15, 0.2) is 13.2 Å². The maximum atomic E-state index is 5.15. The van der Waals surface area contributed by atoms with Gasteiger partial charge in [0.05, 0.1) is 0 Å². The maximum Gasteiger partial charge on any atom is 0.326 e. The van der Waals surface area contributed by atoms with Gasteiger partial charge in [-0.2, -0.15) is 0 Å². The van der Waals surface area contributed by atoms with Gasteiger partial charge < -0.3 is 14.2 Å². The van der Waals surface area contributed by atoms with E-state index >= 15 is 0 Å². The lowest BCUT2D eigenvalue weighted by Gasteiger charge is -2.06. The number of aromatic nitrogens is 3. The molecule has 0 aliphatic heterocycles. The van der Waals surface area contributed by atoms with Crippen molar-refractivity contribution >= 4 is 0 Å². The second-order valence-corrected chi connectivity index (χ2v) is 2.77. The van der Waals surface area contributed by atoms with E-state index in [2.05, 4.69) is 33.4 Å². The van der Waals surface area contributed by atoms with Crippen molar-refractivity contribution in [1.29, 1.82) is 0 Å². The lowest BCUT2D eigenvalue weighted by molar-refractivity contribution is 0.272. The van der Waals surface area contributed by atoms with Crippen molar-refractivity contribution in [2.75, 3.05) is 19.8 Å². The van der Waals surface area contributed by atoms with E-state index in [0.717, 1.165) is 0 Å². The van der Waals surface area contributed by atoms with Crippen LogP contribution in [0, 0.1) is 24.7 Å². The minimum absolute atomic E-state index is 0.00836. The largest absolute Gasteiger partial charge is 0.459 e. The monoisotopic (exact) mass is 245 g/mol. The standard InChI is InChI=1S/C12H11N3O3/c1-4-7-16-10-13-11(17-8-5-2)15-12(14-10)18-9-6-3/h1-2,6H,3,7-9H2. The van der Waals surface area contributed by atoms with Crippen molar-refractivity contribution in [3.63, 3.8) is 0 Å². The van der Waals surface area contributed by atoms with Crippen LogP contribution in [0.3, 0.4) is 0 Å². The SMILES string of the molecule is C#CCOc1nc(OCC#C)nc(OCC=C)n1. The molecule has 1 rings (SSSR count). The summed E-state index contributed by atoms with van der Waals surface area (Å²) in [5.74, 6) is 4.58. The van der Waals surface area contributed by atoms with Crippen LogP contribution < -0.4 is 14.2 Å². The third-order valence-electron chi connectivity index (χ3n) is 1.47. The Morgan fingerprint density at radius 1 is 0.944 bits per heavy atom. The van der Waals surface area contributed by atoms with Gasteiger partial charge in [-0.1, -0.05) is 24.5 Å². The van der Waals surface area contributed by atoms with Gasteiger partial charge in [0.2, 0.25) is 0 Å². The average Bonchev–Trinajstić information content (AvgIpc) is 2.40. The predicted octanol–water partition coefficient (Wildman–Crippen LogP) is 0.460. The Morgan fingerprint density at radius 3 is 1.78 bits per heavy atom. The molecular formula is C12H11N3O3. The maximum absolute atomic E-state index is 5.15. The van der Waals surface area contributed by atoms with Crippen LogP contribution in [0.5, 0.6) is 18.0 Å². The molecule has 1 aromatic heterocycles. The third-order valence-corrected chi connectivity index (χ3v) is 1.47. The van der Waals surface area contributed by atoms with Crippen LogP contribution in [0.25, 0.3) is 0 Å². The van der Waals surface area contributed by atoms with E-state index in [-0.39, 0.29) is 37.9 Å². The van der Waals surface area contributed by atoms with Crippen molar-refractivity contribution in [3.8, 4) is 42.7 Å². The average molecular weight is 245 g/mol. The molecule has 0 unspecified atom stereocenters. The number of ether oxygens (including phenoxy) is 3. The summed E-state index contributed by atoms with van der Waals surface area (Å²) in [5.41, 5.74) is 0. The Labute approximate surface area is 105 Å². The molecule has 0 bridgehead atoms. The van der Waals surface area contributed by atoms with Crippen LogP contribution in [-0.4, -0.2) is 34.8 Å². The lowest BCUT2D eigenvalue weighted by atomic mass is 10.7. The molecule has 0 saturated carbocycles. The molecule has 1 aromatic rings. The molecule has 0 radical (unpaired) electrons. The molecule has 0 aliphatic rings. The number of hydrogen-bond acceptors (Lipinski definition) is 6. The molecule has 1 heterocycles. The molecular weight excluding hydrogens is 234 g/mol. The zero-order valence-electron chi connectivity index (χ0n) is 9.63. The summed E-state index contributed by atoms with van der Waals surface area (Å²) in [6.07, 6.45) is 11.7. The fourth-order valence-corrected chi connectivity index (χ4v) is 0.860. The Hall–Kier alpha value is -2.73. The topological polar surface area (TPSA) is 66.4 Å². The number of rotatable bonds is 7. The van der Waals surface area contributed by atoms with Crippen LogP contribution in [0.15, 0.2) is 12.7 Å². The van der Waals surface area contributed by atoms with E-state index in [0.29, 0.717) is 0 Å². The first-order valence-corrected chi connectivity index (χ1v) is 4.92. The highest BCUT2D eigenvalue weighted by Crippen LogP contribution is 2.14. The van der Waals surface area contributed by atoms with Crippen LogP contribution in [-0.2, 0) is 0 Å². The molecule has 18 heavy (non-hydrogen) atoms. The molecule has 0 atom stereocenters. The highest BCUT2D eigenvalue weighted by atomic mass is 16.5. The minimum Gasteiger partial charge on any atom is -0.459 e. The second kappa shape index (κ2) is 7.53. The molecule has 0 saturated heterocycles. The first-order chi connectivity index (χ1) is 8.80. The zero-order chi connectivity index (χ0) is 13.2. The summed E-state index contributed by atoms with van der Waals surface area (Å²) >= 11 is 0. The first-order valence-electron chi connectivity index (χ1n) is 4.92. The Morgan fingerprint density at radius 2 is 1.39 bits per heavy atom. The Bertz CT molecular complexity index is 452. The van der Waals surface area contributed by atoms with Gasteiger partial charge in [0.25, 0.3) is 0 Å². The Balaban J connectivity index is 2.85. The van der Waals surface area contributed by atoms with E-state index in [4.69, 9.17) is 27.1 Å². The van der Waals surface area contributed by atoms with E-state index in [1.165, 1.54) is 0 Å². The summed E-state index contributed by atoms with van der Waals surface area (Å²) in [6.45, 7) is 3.81. The molecule has 6 nitrogen and oxygen atoms in total. The van der Waals surface area contributed by atoms with E-state index in [1.807, 2.05) is 0 Å². The molecule has 0 N–H and O–H groups in total. The van der Waals surface area contributed by atoms with Gasteiger partial charge in [-0.25, -0.2) is 0 Å². The zero-order valence-corrected chi connectivity index (χ0v) is 9.63. The Kier molecular flexibility index (Phi) is 5.58. The summed E-state index contributed by atoms with van der Waals surface area (Å²) in [7, 11) is 0. The fourth-order valence-electron chi connectivity index (χ4n) is 0.860. The predicted molar refractivity (Wildman–Crippen MR) is 64.2 cm³/mol. The molecule has 0 aliphatic carbocycles. The van der Waals surface area contributed by atoms with Gasteiger partial charge >= 0.3 is 18.0 Å². The van der Waals surface area contributed by atoms with Crippen LogP contribution in [0.4, 0.5) is 0 Å². The molecule has 0 aromatic carbocycles. The normalized spacial score (nSPS) is 8.78. The lowest BCUT2D eigenvalue weighted by Crippen LogP contribution is -2.07. The highest BCUT2D eigenvalue weighted by molar-refractivity contribution is 5.10. The number of terminal acetylenes is 2. The summed E-state index contributed by atoms with van der Waals surface area (Å²) in [5, 5.41) is 0. The molecule has 6 heteroatoms. The van der Waals surface area contributed by atoms with Gasteiger partial charge in [0, 0.05) is 0 Å². The quantitative estimate of drug-likeness (QED) is 0.513. The van der Waals surface area contributed by atoms with Crippen molar-refractivity contribution in [3.05, 3.63) is 12.7 Å². The van der Waals surface area contributed by atoms with Crippen molar-refractivity contribution < 1.29 is 14.2 Å². The summed E-state index contributed by atoms with van der Waals surface area (Å²) in [4.78, 5) is 11.6. The van der Waals surface area contributed by atoms with Crippen molar-refractivity contribution in [2.24, 2.45) is 0 Å². The first kappa shape index (κ1) is 13.3. The van der Waals surface area contributed by atoms with E-state index < -0.39 is 0 Å². The van der Waals surface area contributed by atoms with E-state index in [9.17, 15) is 0 Å². The van der Waals surface area contributed by atoms with Gasteiger partial charge in [-0.3, -0.25) is 0 Å². The van der Waals surface area contributed by atoms with Crippen LogP contribution in [0.1, 0.15) is 0 Å². The van der Waals surface area contributed by atoms with Crippen LogP contribution >= 0.6 is 0 Å². The van der Waals surface area contributed by atoms with Crippen molar-refractivity contribution in [1.82, 2.24) is 15.0 Å². The summed E-state index contributed by atoms with van der Waals surface area (Å²) in [6, 6.07) is 0.0620. The molecule has 0 amide bonds. The van der Waals surface area contributed by atoms with Gasteiger partial charge in [-0.05, 0) is 0 Å². The fraction of sp³-hybridized carbons (Fsp3) is 0.250. The minimum atomic E-state index is 0.00836. The molecule has 92 valence electrons. The van der Waals surface area contributed by atoms with Crippen molar-refractivity contribution in [2.45, 2.75) is 0 Å². The molecule has 0 spiro atoms. The number of hydrogen-bond donors (Lipinski definition) is 0. The van der Waals surface area contributed by atoms with E-state index in [1.54, 1.807) is 6.08 Å². The smallest absolute Gasteiger partial charge is 0.326 e. The van der Waals surface area contributed by atoms with Gasteiger partial charge in [0.1, 0.15) is 6.61 Å². The molecule has 0 fully saturated rings.